The molecule has 0 unspecified atom stereocenters. The molecule has 3 aromatic rings. The summed E-state index contributed by atoms with van der Waals surface area (Å²) in [5, 5.41) is 3.47. The maximum Gasteiger partial charge on any atom is 0.256 e. The summed E-state index contributed by atoms with van der Waals surface area (Å²) in [5.41, 5.74) is 2.62. The van der Waals surface area contributed by atoms with Crippen molar-refractivity contribution in [3.63, 3.8) is 0 Å². The fourth-order valence-corrected chi connectivity index (χ4v) is 3.23. The quantitative estimate of drug-likeness (QED) is 0.715. The number of anilines is 1. The lowest BCUT2D eigenvalue weighted by atomic mass is 10.1. The van der Waals surface area contributed by atoms with Gasteiger partial charge in [0.25, 0.3) is 5.91 Å². The maximum absolute atomic E-state index is 12.9. The van der Waals surface area contributed by atoms with Crippen molar-refractivity contribution in [2.45, 2.75) is 19.6 Å². The Bertz CT molecular complexity index is 888. The molecule has 132 valence electrons. The molecule has 1 aliphatic rings. The highest BCUT2D eigenvalue weighted by Gasteiger charge is 2.36. The number of hydrogen-bond acceptors (Lipinski definition) is 4. The normalized spacial score (nSPS) is 15.8. The molecular formula is C21H20N2O3. The number of rotatable bonds is 6. The third-order valence-corrected chi connectivity index (χ3v) is 4.43. The van der Waals surface area contributed by atoms with E-state index in [1.807, 2.05) is 67.6 Å². The predicted molar refractivity (Wildman–Crippen MR) is 99.0 cm³/mol. The van der Waals surface area contributed by atoms with Crippen LogP contribution in [-0.4, -0.2) is 17.4 Å². The molecule has 5 heteroatoms. The zero-order chi connectivity index (χ0) is 17.9. The van der Waals surface area contributed by atoms with E-state index >= 15 is 0 Å². The van der Waals surface area contributed by atoms with Crippen LogP contribution in [0.3, 0.4) is 0 Å². The molecule has 0 saturated carbocycles. The molecule has 1 amide bonds. The molecule has 1 aromatic heterocycles. The Balaban J connectivity index is 1.62. The number of benzene rings is 2. The Morgan fingerprint density at radius 3 is 2.62 bits per heavy atom. The van der Waals surface area contributed by atoms with Gasteiger partial charge >= 0.3 is 0 Å². The lowest BCUT2D eigenvalue weighted by Gasteiger charge is -2.26. The van der Waals surface area contributed by atoms with E-state index in [4.69, 9.17) is 9.15 Å². The second-order valence-corrected chi connectivity index (χ2v) is 6.10. The van der Waals surface area contributed by atoms with Crippen molar-refractivity contribution >= 4 is 11.6 Å². The summed E-state index contributed by atoms with van der Waals surface area (Å²) < 4.78 is 10.9. The van der Waals surface area contributed by atoms with Gasteiger partial charge in [0.1, 0.15) is 17.7 Å². The number of furan rings is 1. The van der Waals surface area contributed by atoms with Crippen LogP contribution < -0.4 is 10.1 Å². The lowest BCUT2D eigenvalue weighted by Crippen LogP contribution is -2.31. The van der Waals surface area contributed by atoms with Crippen LogP contribution in [0.5, 0.6) is 5.75 Å². The van der Waals surface area contributed by atoms with Gasteiger partial charge < -0.3 is 19.4 Å². The van der Waals surface area contributed by atoms with Crippen LogP contribution in [0, 0.1) is 0 Å². The van der Waals surface area contributed by atoms with Gasteiger partial charge in [0.2, 0.25) is 0 Å². The highest BCUT2D eigenvalue weighted by atomic mass is 16.5. The van der Waals surface area contributed by atoms with Crippen LogP contribution in [0.4, 0.5) is 5.69 Å². The largest absolute Gasteiger partial charge is 0.494 e. The molecule has 1 N–H and O–H groups in total. The lowest BCUT2D eigenvalue weighted by molar-refractivity contribution is 0.0715. The minimum Gasteiger partial charge on any atom is -0.494 e. The zero-order valence-corrected chi connectivity index (χ0v) is 14.5. The van der Waals surface area contributed by atoms with Gasteiger partial charge in [-0.3, -0.25) is 4.79 Å². The molecule has 0 aliphatic carbocycles. The van der Waals surface area contributed by atoms with Crippen molar-refractivity contribution in [3.8, 4) is 5.75 Å². The van der Waals surface area contributed by atoms with Gasteiger partial charge in [0.05, 0.1) is 19.4 Å². The summed E-state index contributed by atoms with van der Waals surface area (Å²) in [6, 6.07) is 19.2. The van der Waals surface area contributed by atoms with E-state index in [0.29, 0.717) is 13.2 Å². The zero-order valence-electron chi connectivity index (χ0n) is 14.5. The minimum atomic E-state index is -0.248. The molecule has 4 rings (SSSR count). The van der Waals surface area contributed by atoms with Crippen LogP contribution in [0.1, 0.15) is 34.8 Å². The maximum atomic E-state index is 12.9. The summed E-state index contributed by atoms with van der Waals surface area (Å²) in [6.45, 7) is 3.00. The second kappa shape index (κ2) is 6.96. The van der Waals surface area contributed by atoms with Gasteiger partial charge in [0, 0.05) is 16.8 Å². The first kappa shape index (κ1) is 16.3. The molecule has 2 aromatic carbocycles. The number of ether oxygens (including phenoxy) is 1. The highest BCUT2D eigenvalue weighted by Crippen LogP contribution is 2.35. The monoisotopic (exact) mass is 348 g/mol. The number of carbonyl (C=O) groups is 1. The first-order chi connectivity index (χ1) is 12.8. The van der Waals surface area contributed by atoms with Crippen molar-refractivity contribution in [3.05, 3.63) is 83.8 Å². The first-order valence-corrected chi connectivity index (χ1v) is 8.68. The van der Waals surface area contributed by atoms with E-state index in [0.717, 1.165) is 28.3 Å². The molecule has 0 radical (unpaired) electrons. The van der Waals surface area contributed by atoms with Gasteiger partial charge in [-0.2, -0.15) is 0 Å². The summed E-state index contributed by atoms with van der Waals surface area (Å²) in [4.78, 5) is 14.7. The van der Waals surface area contributed by atoms with Gasteiger partial charge in [-0.1, -0.05) is 18.2 Å². The van der Waals surface area contributed by atoms with Crippen molar-refractivity contribution in [2.75, 3.05) is 11.9 Å². The van der Waals surface area contributed by atoms with E-state index in [9.17, 15) is 4.79 Å². The first-order valence-electron chi connectivity index (χ1n) is 8.68. The van der Waals surface area contributed by atoms with Crippen molar-refractivity contribution in [2.24, 2.45) is 0 Å². The van der Waals surface area contributed by atoms with Gasteiger partial charge in [-0.25, -0.2) is 0 Å². The van der Waals surface area contributed by atoms with Gasteiger partial charge in [-0.05, 0) is 49.4 Å². The summed E-state index contributed by atoms with van der Waals surface area (Å²) in [7, 11) is 0. The summed E-state index contributed by atoms with van der Waals surface area (Å²) in [5.74, 6) is 1.58. The molecule has 0 bridgehead atoms. The van der Waals surface area contributed by atoms with Crippen LogP contribution in [0.25, 0.3) is 0 Å². The van der Waals surface area contributed by atoms with Crippen LogP contribution >= 0.6 is 0 Å². The molecule has 26 heavy (non-hydrogen) atoms. The van der Waals surface area contributed by atoms with E-state index in [1.165, 1.54) is 0 Å². The molecule has 1 aliphatic heterocycles. The minimum absolute atomic E-state index is 0.000404. The number of nitrogens with zero attached hydrogens (tertiary/aromatic N) is 1. The Morgan fingerprint density at radius 1 is 1.08 bits per heavy atom. The summed E-state index contributed by atoms with van der Waals surface area (Å²) in [6.07, 6.45) is 1.37. The molecule has 1 atom stereocenters. The van der Waals surface area contributed by atoms with Crippen molar-refractivity contribution in [1.29, 1.82) is 0 Å². The molecule has 0 saturated heterocycles. The topological polar surface area (TPSA) is 54.7 Å². The van der Waals surface area contributed by atoms with Crippen molar-refractivity contribution in [1.82, 2.24) is 4.90 Å². The molecule has 0 fully saturated rings. The fraction of sp³-hybridized carbons (Fsp3) is 0.190. The average Bonchev–Trinajstić information content (AvgIpc) is 3.27. The molecule has 5 nitrogen and oxygen atoms in total. The van der Waals surface area contributed by atoms with E-state index < -0.39 is 0 Å². The standard InChI is InChI=1S/C21H20N2O3/c1-2-25-16-11-9-15(10-12-16)22-20-18-7-3-4-8-19(18)21(24)23(20)14-17-6-5-13-26-17/h3-13,20,22H,2,14H2,1H3/t20-/m1/s1. The SMILES string of the molecule is CCOc1ccc(N[C@H]2c3ccccc3C(=O)N2Cc2ccco2)cc1. The number of amides is 1. The van der Waals surface area contributed by atoms with Crippen LogP contribution in [-0.2, 0) is 6.54 Å². The third-order valence-electron chi connectivity index (χ3n) is 4.43. The van der Waals surface area contributed by atoms with Crippen molar-refractivity contribution < 1.29 is 13.9 Å². The highest BCUT2D eigenvalue weighted by molar-refractivity contribution is 5.99. The molecular weight excluding hydrogens is 328 g/mol. The van der Waals surface area contributed by atoms with Gasteiger partial charge in [0.15, 0.2) is 0 Å². The third kappa shape index (κ3) is 3.04. The molecule has 0 spiro atoms. The van der Waals surface area contributed by atoms with E-state index in [2.05, 4.69) is 5.32 Å². The number of hydrogen-bond donors (Lipinski definition) is 1. The Labute approximate surface area is 152 Å². The fourth-order valence-electron chi connectivity index (χ4n) is 3.23. The Morgan fingerprint density at radius 2 is 1.88 bits per heavy atom. The second-order valence-electron chi connectivity index (χ2n) is 6.10. The van der Waals surface area contributed by atoms with Crippen LogP contribution in [0.15, 0.2) is 71.3 Å². The Kier molecular flexibility index (Phi) is 4.35. The van der Waals surface area contributed by atoms with E-state index in [-0.39, 0.29) is 12.1 Å². The smallest absolute Gasteiger partial charge is 0.256 e. The average molecular weight is 348 g/mol. The number of carbonyl (C=O) groups excluding carboxylic acids is 1. The molecule has 2 heterocycles. The van der Waals surface area contributed by atoms with Gasteiger partial charge in [-0.15, -0.1) is 0 Å². The number of fused-ring (bicyclic) bond motifs is 1. The van der Waals surface area contributed by atoms with Crippen LogP contribution in [0.2, 0.25) is 0 Å². The number of nitrogens with one attached hydrogen (secondary N) is 1. The Hall–Kier alpha value is -3.21. The summed E-state index contributed by atoms with van der Waals surface area (Å²) >= 11 is 0. The predicted octanol–water partition coefficient (Wildman–Crippen LogP) is 4.45. The van der Waals surface area contributed by atoms with E-state index in [1.54, 1.807) is 11.2 Å².